The molecule has 4 rings (SSSR count). The van der Waals surface area contributed by atoms with E-state index >= 15 is 0 Å². The Kier molecular flexibility index (Phi) is 4.31. The third kappa shape index (κ3) is 3.20. The average molecular weight is 359 g/mol. The number of hydrogen-bond donors (Lipinski definition) is 2. The highest BCUT2D eigenvalue weighted by Gasteiger charge is 2.23. The van der Waals surface area contributed by atoms with E-state index in [9.17, 15) is 4.79 Å². The number of nitrogens with one attached hydrogen (secondary N) is 2. The Morgan fingerprint density at radius 1 is 1.29 bits per heavy atom. The number of rotatable bonds is 4. The minimum absolute atomic E-state index is 0.109. The summed E-state index contributed by atoms with van der Waals surface area (Å²) in [6.07, 6.45) is 3.68. The van der Waals surface area contributed by atoms with Gasteiger partial charge >= 0.3 is 0 Å². The maximum absolute atomic E-state index is 12.4. The highest BCUT2D eigenvalue weighted by molar-refractivity contribution is 7.13. The number of amides is 1. The first-order chi connectivity index (χ1) is 11.8. The summed E-state index contributed by atoms with van der Waals surface area (Å²) in [6.45, 7) is 1.83. The lowest BCUT2D eigenvalue weighted by Gasteiger charge is -2.31. The zero-order valence-corrected chi connectivity index (χ0v) is 14.6. The molecule has 0 radical (unpaired) electrons. The number of thiophene rings is 1. The van der Waals surface area contributed by atoms with Gasteiger partial charge in [-0.1, -0.05) is 6.07 Å². The van der Waals surface area contributed by atoms with E-state index in [1.807, 2.05) is 35.2 Å². The van der Waals surface area contributed by atoms with Crippen molar-refractivity contribution in [1.82, 2.24) is 20.5 Å². The molecular formula is C16H17N5OS2. The molecule has 3 aromatic heterocycles. The molecule has 0 atom stereocenters. The number of carbonyl (C=O) groups is 1. The number of aromatic amines is 1. The van der Waals surface area contributed by atoms with Crippen LogP contribution in [0.25, 0.3) is 10.6 Å². The number of anilines is 1. The van der Waals surface area contributed by atoms with Crippen LogP contribution >= 0.6 is 22.7 Å². The van der Waals surface area contributed by atoms with Gasteiger partial charge in [-0.15, -0.1) is 22.7 Å². The molecule has 3 aromatic rings. The van der Waals surface area contributed by atoms with E-state index < -0.39 is 0 Å². The van der Waals surface area contributed by atoms with Crippen LogP contribution in [-0.2, 0) is 0 Å². The molecule has 0 spiro atoms. The van der Waals surface area contributed by atoms with Crippen molar-refractivity contribution in [3.05, 3.63) is 40.8 Å². The quantitative estimate of drug-likeness (QED) is 0.751. The Balaban J connectivity index is 1.34. The van der Waals surface area contributed by atoms with Gasteiger partial charge in [0.15, 0.2) is 10.8 Å². The van der Waals surface area contributed by atoms with Gasteiger partial charge in [-0.25, -0.2) is 4.98 Å². The molecule has 1 aliphatic rings. The molecule has 124 valence electrons. The SMILES string of the molecule is O=C(NC1CCN(c2nccs2)CC1)c1cc(-c2cccs2)[nH]n1. The summed E-state index contributed by atoms with van der Waals surface area (Å²) in [6, 6.07) is 5.99. The van der Waals surface area contributed by atoms with Crippen LogP contribution in [0.1, 0.15) is 23.3 Å². The van der Waals surface area contributed by atoms with Gasteiger partial charge in [0.2, 0.25) is 0 Å². The van der Waals surface area contributed by atoms with Crippen LogP contribution in [0.15, 0.2) is 35.2 Å². The van der Waals surface area contributed by atoms with Crippen molar-refractivity contribution in [2.24, 2.45) is 0 Å². The highest BCUT2D eigenvalue weighted by atomic mass is 32.1. The average Bonchev–Trinajstić information content (AvgIpc) is 3.35. The Hall–Kier alpha value is -2.19. The lowest BCUT2D eigenvalue weighted by atomic mass is 10.1. The topological polar surface area (TPSA) is 73.9 Å². The van der Waals surface area contributed by atoms with Crippen LogP contribution in [0.5, 0.6) is 0 Å². The molecule has 0 aromatic carbocycles. The molecule has 1 fully saturated rings. The molecule has 1 amide bonds. The van der Waals surface area contributed by atoms with Crippen LogP contribution in [0.2, 0.25) is 0 Å². The van der Waals surface area contributed by atoms with Crippen molar-refractivity contribution >= 4 is 33.7 Å². The lowest BCUT2D eigenvalue weighted by molar-refractivity contribution is 0.0926. The number of nitrogens with zero attached hydrogens (tertiary/aromatic N) is 3. The van der Waals surface area contributed by atoms with Gasteiger partial charge in [0.05, 0.1) is 10.6 Å². The maximum atomic E-state index is 12.4. The van der Waals surface area contributed by atoms with E-state index in [1.54, 1.807) is 22.7 Å². The Morgan fingerprint density at radius 3 is 2.88 bits per heavy atom. The third-order valence-corrected chi connectivity index (χ3v) is 5.85. The van der Waals surface area contributed by atoms with Gasteiger partial charge in [0, 0.05) is 30.7 Å². The largest absolute Gasteiger partial charge is 0.348 e. The van der Waals surface area contributed by atoms with Crippen molar-refractivity contribution < 1.29 is 4.79 Å². The van der Waals surface area contributed by atoms with Gasteiger partial charge < -0.3 is 10.2 Å². The lowest BCUT2D eigenvalue weighted by Crippen LogP contribution is -2.44. The predicted octanol–water partition coefficient (Wildman–Crippen LogP) is 2.99. The minimum atomic E-state index is -0.109. The monoisotopic (exact) mass is 359 g/mol. The molecule has 0 bridgehead atoms. The summed E-state index contributed by atoms with van der Waals surface area (Å²) < 4.78 is 0. The van der Waals surface area contributed by atoms with Crippen LogP contribution in [0, 0.1) is 0 Å². The number of hydrogen-bond acceptors (Lipinski definition) is 6. The second kappa shape index (κ2) is 6.74. The van der Waals surface area contributed by atoms with Gasteiger partial charge in [-0.3, -0.25) is 9.89 Å². The molecule has 6 nitrogen and oxygen atoms in total. The second-order valence-corrected chi connectivity index (χ2v) is 7.51. The number of piperidine rings is 1. The Bertz CT molecular complexity index is 788. The van der Waals surface area contributed by atoms with Crippen LogP contribution in [0.3, 0.4) is 0 Å². The van der Waals surface area contributed by atoms with Gasteiger partial charge in [0.1, 0.15) is 0 Å². The minimum Gasteiger partial charge on any atom is -0.348 e. The fourth-order valence-corrected chi connectivity index (χ4v) is 4.23. The molecule has 0 saturated carbocycles. The molecule has 1 saturated heterocycles. The van der Waals surface area contributed by atoms with E-state index in [4.69, 9.17) is 0 Å². The summed E-state index contributed by atoms with van der Waals surface area (Å²) in [7, 11) is 0. The maximum Gasteiger partial charge on any atom is 0.272 e. The number of aromatic nitrogens is 3. The molecular weight excluding hydrogens is 342 g/mol. The third-order valence-electron chi connectivity index (χ3n) is 4.12. The number of carbonyl (C=O) groups excluding carboxylic acids is 1. The van der Waals surface area contributed by atoms with Crippen LogP contribution in [0.4, 0.5) is 5.13 Å². The van der Waals surface area contributed by atoms with E-state index in [2.05, 4.69) is 25.4 Å². The molecule has 4 heterocycles. The predicted molar refractivity (Wildman–Crippen MR) is 96.7 cm³/mol. The summed E-state index contributed by atoms with van der Waals surface area (Å²) in [4.78, 5) is 20.1. The molecule has 8 heteroatoms. The van der Waals surface area contributed by atoms with Crippen molar-refractivity contribution in [2.75, 3.05) is 18.0 Å². The zero-order valence-electron chi connectivity index (χ0n) is 12.9. The molecule has 0 aliphatic carbocycles. The summed E-state index contributed by atoms with van der Waals surface area (Å²) >= 11 is 3.28. The first-order valence-electron chi connectivity index (χ1n) is 7.84. The first-order valence-corrected chi connectivity index (χ1v) is 9.60. The Labute approximate surface area is 147 Å². The number of H-pyrrole nitrogens is 1. The van der Waals surface area contributed by atoms with E-state index in [-0.39, 0.29) is 11.9 Å². The smallest absolute Gasteiger partial charge is 0.272 e. The van der Waals surface area contributed by atoms with Crippen LogP contribution < -0.4 is 10.2 Å². The molecule has 0 unspecified atom stereocenters. The highest BCUT2D eigenvalue weighted by Crippen LogP contribution is 2.24. The van der Waals surface area contributed by atoms with E-state index in [1.165, 1.54) is 0 Å². The first kappa shape index (κ1) is 15.3. The zero-order chi connectivity index (χ0) is 16.4. The van der Waals surface area contributed by atoms with Gasteiger partial charge in [0.25, 0.3) is 5.91 Å². The number of thiazole rings is 1. The molecule has 1 aliphatic heterocycles. The standard InChI is InChI=1S/C16H17N5OS2/c22-15(13-10-12(19-20-13)14-2-1-8-23-14)18-11-3-6-21(7-4-11)16-17-5-9-24-16/h1-2,5,8-11H,3-4,6-7H2,(H,18,22)(H,19,20). The van der Waals surface area contributed by atoms with Crippen molar-refractivity contribution in [1.29, 1.82) is 0 Å². The van der Waals surface area contributed by atoms with E-state index in [0.29, 0.717) is 5.69 Å². The summed E-state index contributed by atoms with van der Waals surface area (Å²) in [5.74, 6) is -0.109. The van der Waals surface area contributed by atoms with Gasteiger partial charge in [-0.2, -0.15) is 5.10 Å². The van der Waals surface area contributed by atoms with Crippen molar-refractivity contribution in [3.8, 4) is 10.6 Å². The van der Waals surface area contributed by atoms with Crippen LogP contribution in [-0.4, -0.2) is 40.2 Å². The molecule has 24 heavy (non-hydrogen) atoms. The van der Waals surface area contributed by atoms with Crippen molar-refractivity contribution in [2.45, 2.75) is 18.9 Å². The van der Waals surface area contributed by atoms with Gasteiger partial charge in [-0.05, 0) is 30.4 Å². The summed E-state index contributed by atoms with van der Waals surface area (Å²) in [5.41, 5.74) is 1.33. The fraction of sp³-hybridized carbons (Fsp3) is 0.312. The Morgan fingerprint density at radius 2 is 2.17 bits per heavy atom. The normalized spacial score (nSPS) is 15.6. The summed E-state index contributed by atoms with van der Waals surface area (Å²) in [5, 5.41) is 15.2. The van der Waals surface area contributed by atoms with E-state index in [0.717, 1.165) is 41.6 Å². The second-order valence-electron chi connectivity index (χ2n) is 5.69. The molecule has 2 N–H and O–H groups in total. The van der Waals surface area contributed by atoms with Crippen molar-refractivity contribution in [3.63, 3.8) is 0 Å². The fourth-order valence-electron chi connectivity index (χ4n) is 2.84.